The minimum absolute atomic E-state index is 0.0272. The normalized spacial score (nSPS) is 11.1. The van der Waals surface area contributed by atoms with Crippen molar-refractivity contribution in [2.24, 2.45) is 0 Å². The maximum Gasteiger partial charge on any atom is 0.312 e. The molecule has 0 aliphatic heterocycles. The fourth-order valence-corrected chi connectivity index (χ4v) is 2.49. The second-order valence-corrected chi connectivity index (χ2v) is 5.79. The first kappa shape index (κ1) is 14.9. The van der Waals surface area contributed by atoms with Gasteiger partial charge in [-0.15, -0.1) is 0 Å². The average Bonchev–Trinajstić information content (AvgIpc) is 2.38. The molecule has 2 rings (SSSR count). The molecule has 0 amide bonds. The fourth-order valence-electron chi connectivity index (χ4n) is 1.38. The monoisotopic (exact) mass is 330 g/mol. The van der Waals surface area contributed by atoms with Crippen LogP contribution in [0.2, 0.25) is 5.15 Å². The summed E-state index contributed by atoms with van der Waals surface area (Å²) in [7, 11) is -4.15. The van der Waals surface area contributed by atoms with E-state index in [4.69, 9.17) is 11.6 Å². The number of rotatable bonds is 4. The van der Waals surface area contributed by atoms with E-state index in [0.29, 0.717) is 0 Å². The Kier molecular flexibility index (Phi) is 3.91. The van der Waals surface area contributed by atoms with Crippen LogP contribution in [-0.2, 0) is 10.0 Å². The quantitative estimate of drug-likeness (QED) is 0.493. The molecular weight excluding hydrogens is 324 g/mol. The number of nitrogens with zero attached hydrogens (tertiary/aromatic N) is 3. The van der Waals surface area contributed by atoms with Crippen molar-refractivity contribution in [2.45, 2.75) is 4.90 Å². The van der Waals surface area contributed by atoms with Gasteiger partial charge in [-0.3, -0.25) is 10.1 Å². The molecule has 0 unspecified atom stereocenters. The molecule has 0 saturated carbocycles. The van der Waals surface area contributed by atoms with E-state index in [0.717, 1.165) is 18.2 Å². The van der Waals surface area contributed by atoms with Crippen LogP contribution >= 0.6 is 11.6 Å². The SMILES string of the molecule is O=[N+]([O-])c1cc(S(=O)(=O)Nc2nccc(Cl)n2)ccc1O. The standard InChI is InChI=1S/C10H7ClN4O5S/c11-9-3-4-12-10(13-9)14-21(19,20)6-1-2-8(16)7(5-6)15(17)18/h1-5,16H,(H,12,13,14). The molecule has 0 radical (unpaired) electrons. The summed E-state index contributed by atoms with van der Waals surface area (Å²) in [5.41, 5.74) is -0.732. The smallest absolute Gasteiger partial charge is 0.312 e. The summed E-state index contributed by atoms with van der Waals surface area (Å²) >= 11 is 5.60. The summed E-state index contributed by atoms with van der Waals surface area (Å²) in [5, 5.41) is 20.0. The number of phenols is 1. The maximum atomic E-state index is 12.1. The highest BCUT2D eigenvalue weighted by atomic mass is 35.5. The van der Waals surface area contributed by atoms with Gasteiger partial charge in [-0.05, 0) is 18.2 Å². The van der Waals surface area contributed by atoms with E-state index < -0.39 is 31.3 Å². The zero-order valence-corrected chi connectivity index (χ0v) is 11.7. The number of nitro groups is 1. The van der Waals surface area contributed by atoms with Crippen LogP contribution in [0.4, 0.5) is 11.6 Å². The Hall–Kier alpha value is -2.46. The molecular formula is C10H7ClN4O5S. The number of aromatic hydroxyl groups is 1. The van der Waals surface area contributed by atoms with Crippen molar-refractivity contribution in [1.82, 2.24) is 9.97 Å². The van der Waals surface area contributed by atoms with Crippen molar-refractivity contribution < 1.29 is 18.4 Å². The Bertz CT molecular complexity index is 811. The Morgan fingerprint density at radius 1 is 1.33 bits per heavy atom. The van der Waals surface area contributed by atoms with Crippen molar-refractivity contribution in [2.75, 3.05) is 4.72 Å². The van der Waals surface area contributed by atoms with Gasteiger partial charge in [-0.1, -0.05) is 11.6 Å². The van der Waals surface area contributed by atoms with Crippen LogP contribution in [-0.4, -0.2) is 28.4 Å². The van der Waals surface area contributed by atoms with E-state index in [1.165, 1.54) is 12.3 Å². The van der Waals surface area contributed by atoms with Gasteiger partial charge in [-0.25, -0.2) is 23.1 Å². The Labute approximate surface area is 123 Å². The molecule has 0 aliphatic carbocycles. The lowest BCUT2D eigenvalue weighted by atomic mass is 10.3. The number of aromatic nitrogens is 2. The zero-order valence-electron chi connectivity index (χ0n) is 10.1. The molecule has 21 heavy (non-hydrogen) atoms. The van der Waals surface area contributed by atoms with Crippen LogP contribution in [0, 0.1) is 10.1 Å². The Balaban J connectivity index is 2.40. The molecule has 110 valence electrons. The van der Waals surface area contributed by atoms with Crippen molar-refractivity contribution in [3.63, 3.8) is 0 Å². The summed E-state index contributed by atoms with van der Waals surface area (Å²) in [6, 6.07) is 3.99. The first-order valence-corrected chi connectivity index (χ1v) is 7.14. The number of sulfonamides is 1. The van der Waals surface area contributed by atoms with Gasteiger partial charge in [0, 0.05) is 12.3 Å². The third kappa shape index (κ3) is 3.35. The lowest BCUT2D eigenvalue weighted by Crippen LogP contribution is -2.15. The Morgan fingerprint density at radius 3 is 2.67 bits per heavy atom. The van der Waals surface area contributed by atoms with Gasteiger partial charge >= 0.3 is 5.69 Å². The van der Waals surface area contributed by atoms with Crippen LogP contribution in [0.3, 0.4) is 0 Å². The molecule has 0 saturated heterocycles. The van der Waals surface area contributed by atoms with Gasteiger partial charge in [0.2, 0.25) is 5.95 Å². The summed E-state index contributed by atoms with van der Waals surface area (Å²) in [4.78, 5) is 16.7. The number of phenolic OH excluding ortho intramolecular Hbond substituents is 1. The van der Waals surface area contributed by atoms with E-state index in [1.54, 1.807) is 0 Å². The molecule has 0 aliphatic rings. The number of hydrogen-bond donors (Lipinski definition) is 2. The second kappa shape index (κ2) is 5.50. The van der Waals surface area contributed by atoms with E-state index in [1.807, 2.05) is 4.72 Å². The summed E-state index contributed by atoms with van der Waals surface area (Å²) < 4.78 is 26.1. The second-order valence-electron chi connectivity index (χ2n) is 3.72. The van der Waals surface area contributed by atoms with E-state index in [-0.39, 0.29) is 11.1 Å². The summed E-state index contributed by atoms with van der Waals surface area (Å²) in [6.45, 7) is 0. The van der Waals surface area contributed by atoms with Crippen molar-refractivity contribution >= 4 is 33.3 Å². The molecule has 9 nitrogen and oxygen atoms in total. The maximum absolute atomic E-state index is 12.1. The molecule has 2 aromatic rings. The predicted molar refractivity (Wildman–Crippen MR) is 72.6 cm³/mol. The van der Waals surface area contributed by atoms with Crippen molar-refractivity contribution in [1.29, 1.82) is 0 Å². The van der Waals surface area contributed by atoms with Gasteiger partial charge in [0.1, 0.15) is 5.15 Å². The molecule has 1 heterocycles. The third-order valence-electron chi connectivity index (χ3n) is 2.30. The number of nitrogens with one attached hydrogen (secondary N) is 1. The minimum Gasteiger partial charge on any atom is -0.502 e. The molecule has 0 fully saturated rings. The predicted octanol–water partition coefficient (Wildman–Crippen LogP) is 1.54. The lowest BCUT2D eigenvalue weighted by molar-refractivity contribution is -0.386. The highest BCUT2D eigenvalue weighted by Gasteiger charge is 2.22. The largest absolute Gasteiger partial charge is 0.502 e. The van der Waals surface area contributed by atoms with Crippen LogP contribution in [0.25, 0.3) is 0 Å². The van der Waals surface area contributed by atoms with E-state index >= 15 is 0 Å². The summed E-state index contributed by atoms with van der Waals surface area (Å²) in [5.74, 6) is -0.920. The number of halogens is 1. The number of anilines is 1. The lowest BCUT2D eigenvalue weighted by Gasteiger charge is -2.06. The molecule has 0 atom stereocenters. The molecule has 1 aromatic carbocycles. The third-order valence-corrected chi connectivity index (χ3v) is 3.84. The molecule has 11 heteroatoms. The number of benzene rings is 1. The van der Waals surface area contributed by atoms with Gasteiger partial charge in [0.25, 0.3) is 10.0 Å². The first-order chi connectivity index (χ1) is 9.79. The molecule has 1 aromatic heterocycles. The van der Waals surface area contributed by atoms with Gasteiger partial charge in [-0.2, -0.15) is 0 Å². The van der Waals surface area contributed by atoms with Gasteiger partial charge < -0.3 is 5.11 Å². The van der Waals surface area contributed by atoms with Crippen LogP contribution < -0.4 is 4.72 Å². The molecule has 0 bridgehead atoms. The van der Waals surface area contributed by atoms with E-state index in [2.05, 4.69) is 9.97 Å². The number of hydrogen-bond acceptors (Lipinski definition) is 7. The zero-order chi connectivity index (χ0) is 15.6. The van der Waals surface area contributed by atoms with Crippen LogP contribution in [0.5, 0.6) is 5.75 Å². The van der Waals surface area contributed by atoms with Crippen LogP contribution in [0.1, 0.15) is 0 Å². The highest BCUT2D eigenvalue weighted by Crippen LogP contribution is 2.28. The van der Waals surface area contributed by atoms with Gasteiger partial charge in [0.15, 0.2) is 5.75 Å². The topological polar surface area (TPSA) is 135 Å². The van der Waals surface area contributed by atoms with Crippen molar-refractivity contribution in [3.8, 4) is 5.75 Å². The molecule has 0 spiro atoms. The van der Waals surface area contributed by atoms with E-state index in [9.17, 15) is 23.6 Å². The Morgan fingerprint density at radius 2 is 2.05 bits per heavy atom. The fraction of sp³-hybridized carbons (Fsp3) is 0. The minimum atomic E-state index is -4.15. The number of nitro benzene ring substituents is 1. The first-order valence-electron chi connectivity index (χ1n) is 5.28. The van der Waals surface area contributed by atoms with Crippen molar-refractivity contribution in [3.05, 3.63) is 45.7 Å². The summed E-state index contributed by atoms with van der Waals surface area (Å²) in [6.07, 6.45) is 1.24. The molecule has 2 N–H and O–H groups in total. The average molecular weight is 331 g/mol. The van der Waals surface area contributed by atoms with Crippen LogP contribution in [0.15, 0.2) is 35.4 Å². The highest BCUT2D eigenvalue weighted by molar-refractivity contribution is 7.92. The van der Waals surface area contributed by atoms with Gasteiger partial charge in [0.05, 0.1) is 9.82 Å².